The number of hydrogen-bond donors (Lipinski definition) is 2. The van der Waals surface area contributed by atoms with E-state index in [2.05, 4.69) is 9.97 Å². The molecule has 0 aliphatic heterocycles. The Morgan fingerprint density at radius 3 is 2.93 bits per heavy atom. The van der Waals surface area contributed by atoms with Crippen molar-refractivity contribution < 1.29 is 9.59 Å². The monoisotopic (exact) mass is 189 g/mol. The summed E-state index contributed by atoms with van der Waals surface area (Å²) in [5, 5.41) is 0. The summed E-state index contributed by atoms with van der Waals surface area (Å²) in [7, 11) is 0. The molecular formula is C9H7N3O2. The number of amides is 1. The molecule has 0 atom stereocenters. The fourth-order valence-electron chi connectivity index (χ4n) is 1.36. The third-order valence-corrected chi connectivity index (χ3v) is 2.01. The molecule has 1 heterocycles. The Morgan fingerprint density at radius 2 is 2.29 bits per heavy atom. The molecule has 0 saturated heterocycles. The average Bonchev–Trinajstić information content (AvgIpc) is 2.63. The lowest BCUT2D eigenvalue weighted by atomic mass is 10.1. The van der Waals surface area contributed by atoms with Crippen LogP contribution in [-0.4, -0.2) is 22.2 Å². The number of primary amides is 1. The first-order valence-corrected chi connectivity index (χ1v) is 3.95. The van der Waals surface area contributed by atoms with Gasteiger partial charge in [-0.05, 0) is 12.1 Å². The van der Waals surface area contributed by atoms with E-state index in [9.17, 15) is 9.59 Å². The lowest BCUT2D eigenvalue weighted by molar-refractivity contribution is 0.0993. The molecule has 14 heavy (non-hydrogen) atoms. The molecule has 2 rings (SSSR count). The third-order valence-electron chi connectivity index (χ3n) is 2.01. The van der Waals surface area contributed by atoms with Gasteiger partial charge in [-0.25, -0.2) is 4.98 Å². The standard InChI is InChI=1S/C9H7N3O2/c10-9(14)5-1-2-7-8(6(5)3-13)12-4-11-7/h1-4H,(H2,10,14)(H,11,12). The van der Waals surface area contributed by atoms with Gasteiger partial charge in [-0.1, -0.05) is 0 Å². The van der Waals surface area contributed by atoms with Gasteiger partial charge in [0, 0.05) is 0 Å². The zero-order valence-electron chi connectivity index (χ0n) is 7.15. The number of carbonyl (C=O) groups excluding carboxylic acids is 2. The van der Waals surface area contributed by atoms with Gasteiger partial charge in [-0.2, -0.15) is 0 Å². The van der Waals surface area contributed by atoms with Crippen LogP contribution in [0, 0.1) is 0 Å². The van der Waals surface area contributed by atoms with Crippen LogP contribution in [-0.2, 0) is 0 Å². The number of H-pyrrole nitrogens is 1. The summed E-state index contributed by atoms with van der Waals surface area (Å²) in [6.07, 6.45) is 2.05. The zero-order valence-corrected chi connectivity index (χ0v) is 7.15. The van der Waals surface area contributed by atoms with E-state index in [0.717, 1.165) is 0 Å². The number of nitrogens with one attached hydrogen (secondary N) is 1. The van der Waals surface area contributed by atoms with E-state index in [-0.39, 0.29) is 11.1 Å². The lowest BCUT2D eigenvalue weighted by Crippen LogP contribution is -2.13. The molecule has 5 nitrogen and oxygen atoms in total. The predicted octanol–water partition coefficient (Wildman–Crippen LogP) is 0.474. The van der Waals surface area contributed by atoms with Crippen LogP contribution < -0.4 is 5.73 Å². The van der Waals surface area contributed by atoms with E-state index in [0.29, 0.717) is 17.3 Å². The van der Waals surface area contributed by atoms with Crippen molar-refractivity contribution in [2.24, 2.45) is 5.73 Å². The molecule has 1 aromatic heterocycles. The fourth-order valence-corrected chi connectivity index (χ4v) is 1.36. The summed E-state index contributed by atoms with van der Waals surface area (Å²) in [4.78, 5) is 28.5. The maximum absolute atomic E-state index is 11.0. The van der Waals surface area contributed by atoms with Crippen LogP contribution in [0.25, 0.3) is 11.0 Å². The van der Waals surface area contributed by atoms with E-state index in [1.54, 1.807) is 6.07 Å². The first-order valence-electron chi connectivity index (χ1n) is 3.95. The number of carbonyl (C=O) groups is 2. The number of aldehydes is 1. The maximum Gasteiger partial charge on any atom is 0.249 e. The highest BCUT2D eigenvalue weighted by atomic mass is 16.1. The second kappa shape index (κ2) is 2.95. The van der Waals surface area contributed by atoms with Gasteiger partial charge in [0.2, 0.25) is 5.91 Å². The van der Waals surface area contributed by atoms with Crippen molar-refractivity contribution in [3.8, 4) is 0 Å². The van der Waals surface area contributed by atoms with Crippen molar-refractivity contribution in [1.82, 2.24) is 9.97 Å². The van der Waals surface area contributed by atoms with Crippen molar-refractivity contribution in [2.75, 3.05) is 0 Å². The van der Waals surface area contributed by atoms with Crippen LogP contribution in [0.4, 0.5) is 0 Å². The minimum atomic E-state index is -0.628. The molecule has 0 saturated carbocycles. The molecule has 0 spiro atoms. The summed E-state index contributed by atoms with van der Waals surface area (Å²) < 4.78 is 0. The summed E-state index contributed by atoms with van der Waals surface area (Å²) in [6.45, 7) is 0. The summed E-state index contributed by atoms with van der Waals surface area (Å²) in [6, 6.07) is 3.17. The second-order valence-corrected chi connectivity index (χ2v) is 2.81. The van der Waals surface area contributed by atoms with Crippen molar-refractivity contribution in [2.45, 2.75) is 0 Å². The molecule has 0 fully saturated rings. The molecule has 1 amide bonds. The van der Waals surface area contributed by atoms with Gasteiger partial charge in [-0.15, -0.1) is 0 Å². The van der Waals surface area contributed by atoms with Crippen LogP contribution in [0.5, 0.6) is 0 Å². The van der Waals surface area contributed by atoms with Gasteiger partial charge in [0.25, 0.3) is 0 Å². The molecule has 0 aliphatic carbocycles. The average molecular weight is 189 g/mol. The highest BCUT2D eigenvalue weighted by Crippen LogP contribution is 2.17. The molecule has 1 aromatic carbocycles. The molecule has 5 heteroatoms. The number of aromatic nitrogens is 2. The Bertz CT molecular complexity index is 516. The normalized spacial score (nSPS) is 10.3. The SMILES string of the molecule is NC(=O)c1ccc2[nH]cnc2c1C=O. The van der Waals surface area contributed by atoms with Crippen LogP contribution in [0.15, 0.2) is 18.5 Å². The minimum absolute atomic E-state index is 0.194. The highest BCUT2D eigenvalue weighted by Gasteiger charge is 2.12. The molecule has 0 radical (unpaired) electrons. The number of nitrogens with zero attached hydrogens (tertiary/aromatic N) is 1. The van der Waals surface area contributed by atoms with Crippen LogP contribution in [0.3, 0.4) is 0 Å². The summed E-state index contributed by atoms with van der Waals surface area (Å²) >= 11 is 0. The Morgan fingerprint density at radius 1 is 1.50 bits per heavy atom. The van der Waals surface area contributed by atoms with Crippen molar-refractivity contribution in [3.05, 3.63) is 29.6 Å². The van der Waals surface area contributed by atoms with Crippen LogP contribution in [0.1, 0.15) is 20.7 Å². The van der Waals surface area contributed by atoms with E-state index >= 15 is 0 Å². The van der Waals surface area contributed by atoms with Gasteiger partial charge in [0.1, 0.15) is 0 Å². The smallest absolute Gasteiger partial charge is 0.249 e. The Labute approximate surface area is 78.9 Å². The molecule has 70 valence electrons. The van der Waals surface area contributed by atoms with E-state index in [1.165, 1.54) is 12.4 Å². The predicted molar refractivity (Wildman–Crippen MR) is 50.0 cm³/mol. The maximum atomic E-state index is 11.0. The molecule has 3 N–H and O–H groups in total. The first-order chi connectivity index (χ1) is 6.74. The number of fused-ring (bicyclic) bond motifs is 1. The molecule has 0 aliphatic rings. The van der Waals surface area contributed by atoms with E-state index in [4.69, 9.17) is 5.73 Å². The van der Waals surface area contributed by atoms with Crippen molar-refractivity contribution in [1.29, 1.82) is 0 Å². The number of imidazole rings is 1. The minimum Gasteiger partial charge on any atom is -0.366 e. The quantitative estimate of drug-likeness (QED) is 0.673. The van der Waals surface area contributed by atoms with E-state index in [1.807, 2.05) is 0 Å². The first kappa shape index (κ1) is 8.43. The van der Waals surface area contributed by atoms with Crippen LogP contribution >= 0.6 is 0 Å². The summed E-state index contributed by atoms with van der Waals surface area (Å²) in [5.41, 5.74) is 6.72. The lowest BCUT2D eigenvalue weighted by Gasteiger charge is -1.99. The van der Waals surface area contributed by atoms with Gasteiger partial charge < -0.3 is 10.7 Å². The van der Waals surface area contributed by atoms with Gasteiger partial charge in [0.15, 0.2) is 6.29 Å². The number of benzene rings is 1. The fraction of sp³-hybridized carbons (Fsp3) is 0. The second-order valence-electron chi connectivity index (χ2n) is 2.81. The van der Waals surface area contributed by atoms with Crippen molar-refractivity contribution in [3.63, 3.8) is 0 Å². The van der Waals surface area contributed by atoms with Gasteiger partial charge in [-0.3, -0.25) is 9.59 Å². The van der Waals surface area contributed by atoms with Crippen molar-refractivity contribution >= 4 is 23.2 Å². The number of nitrogens with two attached hydrogens (primary N) is 1. The number of hydrogen-bond acceptors (Lipinski definition) is 3. The van der Waals surface area contributed by atoms with Crippen LogP contribution in [0.2, 0.25) is 0 Å². The zero-order chi connectivity index (χ0) is 10.1. The van der Waals surface area contributed by atoms with Gasteiger partial charge >= 0.3 is 0 Å². The summed E-state index contributed by atoms with van der Waals surface area (Å²) in [5.74, 6) is -0.628. The number of rotatable bonds is 2. The van der Waals surface area contributed by atoms with Gasteiger partial charge in [0.05, 0.1) is 28.5 Å². The molecule has 2 aromatic rings. The Balaban J connectivity index is 2.85. The molecular weight excluding hydrogens is 182 g/mol. The Kier molecular flexibility index (Phi) is 1.78. The topological polar surface area (TPSA) is 88.8 Å². The highest BCUT2D eigenvalue weighted by molar-refractivity contribution is 6.07. The van der Waals surface area contributed by atoms with E-state index < -0.39 is 5.91 Å². The molecule has 0 unspecified atom stereocenters. The largest absolute Gasteiger partial charge is 0.366 e. The third kappa shape index (κ3) is 1.06. The number of aromatic amines is 1. The molecule has 0 bridgehead atoms. The Hall–Kier alpha value is -2.17.